The zero-order valence-electron chi connectivity index (χ0n) is 16.3. The summed E-state index contributed by atoms with van der Waals surface area (Å²) in [5.74, 6) is -0.796. The molecule has 2 N–H and O–H groups in total. The Morgan fingerprint density at radius 2 is 1.96 bits per heavy atom. The molecule has 1 amide bonds. The van der Waals surface area contributed by atoms with Crippen molar-refractivity contribution in [3.63, 3.8) is 0 Å². The van der Waals surface area contributed by atoms with Crippen LogP contribution in [0.5, 0.6) is 0 Å². The monoisotopic (exact) mass is 373 g/mol. The van der Waals surface area contributed by atoms with E-state index in [2.05, 4.69) is 5.32 Å². The highest BCUT2D eigenvalue weighted by Crippen LogP contribution is 2.22. The molecule has 0 saturated heterocycles. The molecule has 2 aliphatic rings. The lowest BCUT2D eigenvalue weighted by Crippen LogP contribution is -2.47. The van der Waals surface area contributed by atoms with Gasteiger partial charge in [-0.25, -0.2) is 4.79 Å². The molecule has 1 saturated carbocycles. The Hall–Kier alpha value is -1.86. The molecule has 3 rings (SSSR count). The minimum Gasteiger partial charge on any atom is -0.461 e. The van der Waals surface area contributed by atoms with E-state index in [9.17, 15) is 14.6 Å². The van der Waals surface area contributed by atoms with Gasteiger partial charge in [-0.15, -0.1) is 0 Å². The number of amides is 1. The summed E-state index contributed by atoms with van der Waals surface area (Å²) in [5.41, 5.74) is 2.65. The highest BCUT2D eigenvalue weighted by atomic mass is 16.5. The Bertz CT molecular complexity index is 715. The third-order valence-electron chi connectivity index (χ3n) is 5.54. The van der Waals surface area contributed by atoms with Crippen molar-refractivity contribution in [2.75, 3.05) is 0 Å². The first-order valence-electron chi connectivity index (χ1n) is 9.82. The van der Waals surface area contributed by atoms with Crippen molar-refractivity contribution in [2.24, 2.45) is 5.92 Å². The molecule has 0 aromatic heterocycles. The second-order valence-corrected chi connectivity index (χ2v) is 7.87. The van der Waals surface area contributed by atoms with Crippen molar-refractivity contribution < 1.29 is 24.0 Å². The molecule has 1 atom stereocenters. The molecule has 1 aromatic carbocycles. The van der Waals surface area contributed by atoms with Crippen LogP contribution in [0.1, 0.15) is 67.4 Å². The molecular weight excluding hydrogens is 345 g/mol. The van der Waals surface area contributed by atoms with E-state index in [0.717, 1.165) is 31.2 Å². The molecule has 6 nitrogen and oxygen atoms in total. The molecule has 1 aliphatic heterocycles. The van der Waals surface area contributed by atoms with Crippen LogP contribution in [0.25, 0.3) is 0 Å². The summed E-state index contributed by atoms with van der Waals surface area (Å²) in [6, 6.07) is 2.81. The molecule has 0 radical (unpaired) electrons. The molecular formula is C20H28BNO5. The first-order valence-corrected chi connectivity index (χ1v) is 9.82. The van der Waals surface area contributed by atoms with Crippen molar-refractivity contribution >= 4 is 24.5 Å². The van der Waals surface area contributed by atoms with Crippen molar-refractivity contribution in [3.8, 4) is 0 Å². The number of hydrogen-bond donors (Lipinski definition) is 2. The van der Waals surface area contributed by atoms with Gasteiger partial charge >= 0.3 is 13.1 Å². The van der Waals surface area contributed by atoms with Gasteiger partial charge in [0.05, 0.1) is 6.61 Å². The lowest BCUT2D eigenvalue weighted by molar-refractivity contribution is -0.154. The van der Waals surface area contributed by atoms with E-state index in [1.54, 1.807) is 19.1 Å². The van der Waals surface area contributed by atoms with E-state index in [1.165, 1.54) is 6.42 Å². The van der Waals surface area contributed by atoms with Crippen molar-refractivity contribution in [3.05, 3.63) is 28.8 Å². The van der Waals surface area contributed by atoms with Crippen LogP contribution in [0.4, 0.5) is 0 Å². The highest BCUT2D eigenvalue weighted by Gasteiger charge is 2.33. The topological polar surface area (TPSA) is 84.9 Å². The highest BCUT2D eigenvalue weighted by molar-refractivity contribution is 6.62. The maximum atomic E-state index is 12.8. The minimum absolute atomic E-state index is 0.0431. The summed E-state index contributed by atoms with van der Waals surface area (Å²) < 4.78 is 10.9. The molecule has 1 aromatic rings. The molecule has 1 heterocycles. The van der Waals surface area contributed by atoms with Gasteiger partial charge in [0.1, 0.15) is 12.1 Å². The molecule has 7 heteroatoms. The summed E-state index contributed by atoms with van der Waals surface area (Å²) in [6.45, 7) is 5.90. The molecule has 1 aliphatic carbocycles. The standard InChI is InChI=1S/C20H28BNO5/c1-12(2)18(20(24)27-15-7-5-4-6-8-15)22-19(23)16-10-9-14-11-26-21(25)17(14)13(16)3/h9-10,12,15,18,25H,4-8,11H2,1-3H3,(H,22,23)/t18-/m0/s1. The third-order valence-corrected chi connectivity index (χ3v) is 5.54. The van der Waals surface area contributed by atoms with Gasteiger partial charge in [-0.3, -0.25) is 4.79 Å². The van der Waals surface area contributed by atoms with Crippen LogP contribution >= 0.6 is 0 Å². The average molecular weight is 373 g/mol. The summed E-state index contributed by atoms with van der Waals surface area (Å²) in [6.07, 6.45) is 5.09. The Morgan fingerprint density at radius 3 is 2.63 bits per heavy atom. The summed E-state index contributed by atoms with van der Waals surface area (Å²) in [7, 11) is -1.01. The molecule has 0 spiro atoms. The zero-order chi connectivity index (χ0) is 19.6. The number of esters is 1. The van der Waals surface area contributed by atoms with E-state index < -0.39 is 13.2 Å². The number of rotatable bonds is 5. The van der Waals surface area contributed by atoms with Gasteiger partial charge in [-0.05, 0) is 61.2 Å². The average Bonchev–Trinajstić information content (AvgIpc) is 3.02. The Kier molecular flexibility index (Phi) is 6.22. The lowest BCUT2D eigenvalue weighted by atomic mass is 9.75. The summed E-state index contributed by atoms with van der Waals surface area (Å²) in [5, 5.41) is 12.8. The number of carbonyl (C=O) groups excluding carboxylic acids is 2. The van der Waals surface area contributed by atoms with Crippen LogP contribution in [-0.4, -0.2) is 36.2 Å². The van der Waals surface area contributed by atoms with E-state index >= 15 is 0 Å². The normalized spacial score (nSPS) is 18.3. The molecule has 0 unspecified atom stereocenters. The van der Waals surface area contributed by atoms with Crippen LogP contribution in [-0.2, 0) is 20.8 Å². The molecule has 146 valence electrons. The summed E-state index contributed by atoms with van der Waals surface area (Å²) >= 11 is 0. The lowest BCUT2D eigenvalue weighted by Gasteiger charge is -2.27. The van der Waals surface area contributed by atoms with Crippen LogP contribution in [0, 0.1) is 12.8 Å². The number of nitrogens with one attached hydrogen (secondary N) is 1. The zero-order valence-corrected chi connectivity index (χ0v) is 16.3. The predicted octanol–water partition coefficient (Wildman–Crippen LogP) is 1.84. The van der Waals surface area contributed by atoms with E-state index in [-0.39, 0.29) is 23.9 Å². The SMILES string of the molecule is Cc1c(C(=O)N[C@H](C(=O)OC2CCCCC2)C(C)C)ccc2c1B(O)OC2. The number of benzene rings is 1. The number of hydrogen-bond acceptors (Lipinski definition) is 5. The van der Waals surface area contributed by atoms with Gasteiger partial charge < -0.3 is 19.7 Å². The van der Waals surface area contributed by atoms with Gasteiger partial charge in [-0.1, -0.05) is 26.3 Å². The van der Waals surface area contributed by atoms with Gasteiger partial charge in [0.15, 0.2) is 0 Å². The fourth-order valence-electron chi connectivity index (χ4n) is 3.89. The van der Waals surface area contributed by atoms with Crippen LogP contribution in [0.2, 0.25) is 0 Å². The fourth-order valence-corrected chi connectivity index (χ4v) is 3.89. The van der Waals surface area contributed by atoms with Crippen LogP contribution in [0.15, 0.2) is 12.1 Å². The second kappa shape index (κ2) is 8.44. The first kappa shape index (κ1) is 19.9. The Morgan fingerprint density at radius 1 is 1.26 bits per heavy atom. The molecule has 27 heavy (non-hydrogen) atoms. The van der Waals surface area contributed by atoms with Crippen molar-refractivity contribution in [1.29, 1.82) is 0 Å². The van der Waals surface area contributed by atoms with Crippen molar-refractivity contribution in [1.82, 2.24) is 5.32 Å². The molecule has 1 fully saturated rings. The van der Waals surface area contributed by atoms with E-state index in [0.29, 0.717) is 23.2 Å². The maximum Gasteiger partial charge on any atom is 0.492 e. The van der Waals surface area contributed by atoms with E-state index in [4.69, 9.17) is 9.39 Å². The van der Waals surface area contributed by atoms with Crippen LogP contribution in [0.3, 0.4) is 0 Å². The first-order chi connectivity index (χ1) is 12.9. The van der Waals surface area contributed by atoms with Gasteiger partial charge in [0, 0.05) is 5.56 Å². The van der Waals surface area contributed by atoms with Gasteiger partial charge in [0.25, 0.3) is 5.91 Å². The van der Waals surface area contributed by atoms with Gasteiger partial charge in [-0.2, -0.15) is 0 Å². The fraction of sp³-hybridized carbons (Fsp3) is 0.600. The minimum atomic E-state index is -1.01. The second-order valence-electron chi connectivity index (χ2n) is 7.87. The third kappa shape index (κ3) is 4.35. The Balaban J connectivity index is 1.72. The number of carbonyl (C=O) groups is 2. The number of fused-ring (bicyclic) bond motifs is 1. The number of ether oxygens (including phenoxy) is 1. The quantitative estimate of drug-likeness (QED) is 0.608. The van der Waals surface area contributed by atoms with Crippen LogP contribution < -0.4 is 10.8 Å². The summed E-state index contributed by atoms with van der Waals surface area (Å²) in [4.78, 5) is 25.5. The van der Waals surface area contributed by atoms with Gasteiger partial charge in [0.2, 0.25) is 0 Å². The smallest absolute Gasteiger partial charge is 0.461 e. The van der Waals surface area contributed by atoms with Crippen molar-refractivity contribution in [2.45, 2.75) is 71.6 Å². The molecule has 0 bridgehead atoms. The Labute approximate surface area is 160 Å². The van der Waals surface area contributed by atoms with E-state index in [1.807, 2.05) is 13.8 Å². The maximum absolute atomic E-state index is 12.8. The predicted molar refractivity (Wildman–Crippen MR) is 103 cm³/mol. The largest absolute Gasteiger partial charge is 0.492 e.